The van der Waals surface area contributed by atoms with E-state index in [0.29, 0.717) is 24.1 Å². The number of nitrogens with zero attached hydrogens (tertiary/aromatic N) is 1. The summed E-state index contributed by atoms with van der Waals surface area (Å²) in [6, 6.07) is 13.9. The number of halogens is 1. The number of anilines is 1. The van der Waals surface area contributed by atoms with Crippen molar-refractivity contribution in [3.05, 3.63) is 65.0 Å². The van der Waals surface area contributed by atoms with E-state index < -0.39 is 0 Å². The van der Waals surface area contributed by atoms with Gasteiger partial charge in [-0.1, -0.05) is 24.3 Å². The highest BCUT2D eigenvalue weighted by Crippen LogP contribution is 2.30. The van der Waals surface area contributed by atoms with E-state index in [1.807, 2.05) is 6.92 Å². The molecule has 3 nitrogen and oxygen atoms in total. The molecule has 0 aromatic heterocycles. The van der Waals surface area contributed by atoms with E-state index in [-0.39, 0.29) is 11.7 Å². The molecular formula is C24H29FN2O. The van der Waals surface area contributed by atoms with Crippen LogP contribution in [0.1, 0.15) is 42.4 Å². The number of carbonyl (C=O) groups excluding carboxylic acids is 1. The first-order valence-electron chi connectivity index (χ1n) is 10.5. The third-order valence-corrected chi connectivity index (χ3v) is 6.34. The quantitative estimate of drug-likeness (QED) is 0.813. The first-order valence-corrected chi connectivity index (χ1v) is 10.5. The molecule has 4 rings (SSSR count). The fraction of sp³-hybridized carbons (Fsp3) is 0.458. The van der Waals surface area contributed by atoms with Gasteiger partial charge in [-0.2, -0.15) is 0 Å². The van der Waals surface area contributed by atoms with Crippen LogP contribution in [0.15, 0.2) is 42.5 Å². The average Bonchev–Trinajstić information content (AvgIpc) is 3.13. The van der Waals surface area contributed by atoms with E-state index in [4.69, 9.17) is 0 Å². The summed E-state index contributed by atoms with van der Waals surface area (Å²) in [5.41, 5.74) is 4.48. The van der Waals surface area contributed by atoms with Crippen LogP contribution in [0.5, 0.6) is 0 Å². The predicted octanol–water partition coefficient (Wildman–Crippen LogP) is 4.73. The van der Waals surface area contributed by atoms with Crippen molar-refractivity contribution in [3.8, 4) is 0 Å². The van der Waals surface area contributed by atoms with Crippen LogP contribution < -0.4 is 5.32 Å². The topological polar surface area (TPSA) is 32.3 Å². The average molecular weight is 381 g/mol. The molecule has 4 heteroatoms. The number of likely N-dealkylation sites (tertiary alicyclic amines) is 1. The molecule has 0 spiro atoms. The Balaban J connectivity index is 1.27. The number of carbonyl (C=O) groups is 1. The molecule has 2 aliphatic rings. The number of amides is 1. The van der Waals surface area contributed by atoms with Crippen LogP contribution in [-0.4, -0.2) is 29.9 Å². The minimum atomic E-state index is -0.271. The number of piperidine rings is 1. The maximum absolute atomic E-state index is 13.2. The maximum Gasteiger partial charge on any atom is 0.224 e. The van der Waals surface area contributed by atoms with Crippen molar-refractivity contribution in [2.45, 2.75) is 51.5 Å². The van der Waals surface area contributed by atoms with Gasteiger partial charge in [0.2, 0.25) is 5.91 Å². The highest BCUT2D eigenvalue weighted by Gasteiger charge is 2.30. The third kappa shape index (κ3) is 4.44. The van der Waals surface area contributed by atoms with Gasteiger partial charge in [0.1, 0.15) is 5.82 Å². The fourth-order valence-electron chi connectivity index (χ4n) is 4.77. The SMILES string of the molecule is Cc1cc(F)ccc1NC(=O)CC[C@H]1CCCN(C2Cc3ccccc3C2)C1. The van der Waals surface area contributed by atoms with Crippen LogP contribution in [-0.2, 0) is 17.6 Å². The van der Waals surface area contributed by atoms with Gasteiger partial charge >= 0.3 is 0 Å². The van der Waals surface area contributed by atoms with Crippen molar-refractivity contribution >= 4 is 11.6 Å². The second-order valence-electron chi connectivity index (χ2n) is 8.38. The summed E-state index contributed by atoms with van der Waals surface area (Å²) in [4.78, 5) is 15.0. The number of aryl methyl sites for hydroxylation is 1. The van der Waals surface area contributed by atoms with Gasteiger partial charge in [0.05, 0.1) is 0 Å². The molecule has 0 saturated carbocycles. The lowest BCUT2D eigenvalue weighted by Gasteiger charge is -2.36. The Morgan fingerprint density at radius 1 is 1.18 bits per heavy atom. The zero-order chi connectivity index (χ0) is 19.5. The zero-order valence-corrected chi connectivity index (χ0v) is 16.6. The Bertz CT molecular complexity index is 825. The molecule has 0 bridgehead atoms. The smallest absolute Gasteiger partial charge is 0.224 e. The van der Waals surface area contributed by atoms with E-state index in [9.17, 15) is 9.18 Å². The molecule has 1 saturated heterocycles. The molecule has 148 valence electrons. The summed E-state index contributed by atoms with van der Waals surface area (Å²) in [6.45, 7) is 4.09. The zero-order valence-electron chi connectivity index (χ0n) is 16.6. The Morgan fingerprint density at radius 2 is 1.93 bits per heavy atom. The monoisotopic (exact) mass is 380 g/mol. The second-order valence-corrected chi connectivity index (χ2v) is 8.38. The number of fused-ring (bicyclic) bond motifs is 1. The molecule has 2 aromatic rings. The molecule has 1 fully saturated rings. The summed E-state index contributed by atoms with van der Waals surface area (Å²) >= 11 is 0. The molecular weight excluding hydrogens is 351 g/mol. The van der Waals surface area contributed by atoms with Gasteiger partial charge in [0, 0.05) is 24.7 Å². The van der Waals surface area contributed by atoms with Gasteiger partial charge in [0.25, 0.3) is 0 Å². The van der Waals surface area contributed by atoms with Crippen LogP contribution in [0.3, 0.4) is 0 Å². The van der Waals surface area contributed by atoms with Crippen LogP contribution in [0.4, 0.5) is 10.1 Å². The van der Waals surface area contributed by atoms with Crippen molar-refractivity contribution in [3.63, 3.8) is 0 Å². The van der Waals surface area contributed by atoms with Crippen molar-refractivity contribution in [2.24, 2.45) is 5.92 Å². The Labute approximate surface area is 166 Å². The van der Waals surface area contributed by atoms with E-state index in [1.54, 1.807) is 6.07 Å². The Morgan fingerprint density at radius 3 is 2.64 bits per heavy atom. The highest BCUT2D eigenvalue weighted by atomic mass is 19.1. The number of hydrogen-bond donors (Lipinski definition) is 1. The maximum atomic E-state index is 13.2. The Hall–Kier alpha value is -2.20. The number of rotatable bonds is 5. The molecule has 1 heterocycles. The van der Waals surface area contributed by atoms with Crippen molar-refractivity contribution in [2.75, 3.05) is 18.4 Å². The standard InChI is InChI=1S/C24H29FN2O/c1-17-13-21(25)9-10-23(17)26-24(28)11-8-18-5-4-12-27(16-18)22-14-19-6-2-3-7-20(19)15-22/h2-3,6-7,9-10,13,18,22H,4-5,8,11-12,14-16H2,1H3,(H,26,28)/t18-/m1/s1. The lowest BCUT2D eigenvalue weighted by molar-refractivity contribution is -0.116. The summed E-state index contributed by atoms with van der Waals surface area (Å²) < 4.78 is 13.2. The normalized spacial score (nSPS) is 20.1. The van der Waals surface area contributed by atoms with Gasteiger partial charge in [-0.05, 0) is 86.4 Å². The van der Waals surface area contributed by atoms with Gasteiger partial charge in [-0.15, -0.1) is 0 Å². The molecule has 0 unspecified atom stereocenters. The minimum Gasteiger partial charge on any atom is -0.326 e. The van der Waals surface area contributed by atoms with Gasteiger partial charge in [0.15, 0.2) is 0 Å². The van der Waals surface area contributed by atoms with E-state index in [1.165, 1.54) is 42.6 Å². The summed E-state index contributed by atoms with van der Waals surface area (Å²) in [5, 5.41) is 2.94. The van der Waals surface area contributed by atoms with E-state index in [2.05, 4.69) is 34.5 Å². The highest BCUT2D eigenvalue weighted by molar-refractivity contribution is 5.91. The van der Waals surface area contributed by atoms with Crippen LogP contribution in [0.25, 0.3) is 0 Å². The Kier molecular flexibility index (Phi) is 5.77. The van der Waals surface area contributed by atoms with Crippen LogP contribution >= 0.6 is 0 Å². The summed E-state index contributed by atoms with van der Waals surface area (Å²) in [7, 11) is 0. The van der Waals surface area contributed by atoms with Gasteiger partial charge in [-0.3, -0.25) is 9.69 Å². The predicted molar refractivity (Wildman–Crippen MR) is 111 cm³/mol. The lowest BCUT2D eigenvalue weighted by atomic mass is 9.92. The van der Waals surface area contributed by atoms with E-state index >= 15 is 0 Å². The van der Waals surface area contributed by atoms with Crippen molar-refractivity contribution in [1.29, 1.82) is 0 Å². The first kappa shape index (κ1) is 19.1. The third-order valence-electron chi connectivity index (χ3n) is 6.34. The number of nitrogens with one attached hydrogen (secondary N) is 1. The molecule has 1 aliphatic carbocycles. The van der Waals surface area contributed by atoms with Crippen LogP contribution in [0.2, 0.25) is 0 Å². The lowest BCUT2D eigenvalue weighted by Crippen LogP contribution is -2.43. The molecule has 2 aromatic carbocycles. The van der Waals surface area contributed by atoms with Crippen LogP contribution in [0, 0.1) is 18.7 Å². The molecule has 1 aliphatic heterocycles. The molecule has 0 radical (unpaired) electrons. The molecule has 1 atom stereocenters. The molecule has 1 amide bonds. The second kappa shape index (κ2) is 8.44. The number of benzene rings is 2. The van der Waals surface area contributed by atoms with Crippen molar-refractivity contribution in [1.82, 2.24) is 4.90 Å². The summed E-state index contributed by atoms with van der Waals surface area (Å²) in [6.07, 6.45) is 6.19. The largest absolute Gasteiger partial charge is 0.326 e. The fourth-order valence-corrected chi connectivity index (χ4v) is 4.77. The minimum absolute atomic E-state index is 0.0279. The van der Waals surface area contributed by atoms with Gasteiger partial charge in [-0.25, -0.2) is 4.39 Å². The van der Waals surface area contributed by atoms with Gasteiger partial charge < -0.3 is 5.32 Å². The first-order chi connectivity index (χ1) is 13.6. The molecule has 1 N–H and O–H groups in total. The van der Waals surface area contributed by atoms with Crippen molar-refractivity contribution < 1.29 is 9.18 Å². The molecule has 28 heavy (non-hydrogen) atoms. The number of hydrogen-bond acceptors (Lipinski definition) is 2. The van der Waals surface area contributed by atoms with E-state index in [0.717, 1.165) is 31.4 Å². The summed E-state index contributed by atoms with van der Waals surface area (Å²) in [5.74, 6) is 0.337.